The Morgan fingerprint density at radius 3 is 2.56 bits per heavy atom. The molecule has 6 heteroatoms. The molecule has 18 heavy (non-hydrogen) atoms. The Morgan fingerprint density at radius 2 is 1.78 bits per heavy atom. The zero-order valence-corrected chi connectivity index (χ0v) is 11.6. The minimum absolute atomic E-state index is 0. The first kappa shape index (κ1) is 15.2. The molecule has 1 aromatic rings. The quantitative estimate of drug-likeness (QED) is 0.879. The summed E-state index contributed by atoms with van der Waals surface area (Å²) in [5, 5.41) is 6.89. The fraction of sp³-hybridized carbons (Fsp3) is 0.500. The third-order valence-electron chi connectivity index (χ3n) is 3.08. The highest BCUT2D eigenvalue weighted by Gasteiger charge is 2.16. The Labute approximate surface area is 119 Å². The maximum absolute atomic E-state index is 5.35. The fourth-order valence-corrected chi connectivity index (χ4v) is 2.19. The van der Waals surface area contributed by atoms with Crippen molar-refractivity contribution in [1.82, 2.24) is 5.32 Å². The van der Waals surface area contributed by atoms with Crippen LogP contribution in [-0.4, -0.2) is 25.9 Å². The Hall–Kier alpha value is -0.840. The van der Waals surface area contributed by atoms with Crippen LogP contribution in [0.25, 0.3) is 0 Å². The number of rotatable bonds is 2. The standard InChI is InChI=1S/C12H16N2O2.2ClH/c1-2-11-12(16-8-15-11)7-10(1)14-9-3-5-13-6-4-9;;/h1-2,7,9,13-14H,3-6,8H2;2*1H. The molecule has 0 radical (unpaired) electrons. The monoisotopic (exact) mass is 292 g/mol. The summed E-state index contributed by atoms with van der Waals surface area (Å²) in [4.78, 5) is 0. The van der Waals surface area contributed by atoms with E-state index in [9.17, 15) is 0 Å². The number of hydrogen-bond acceptors (Lipinski definition) is 4. The van der Waals surface area contributed by atoms with Gasteiger partial charge in [-0.1, -0.05) is 0 Å². The summed E-state index contributed by atoms with van der Waals surface area (Å²) < 4.78 is 10.6. The van der Waals surface area contributed by atoms with E-state index < -0.39 is 0 Å². The van der Waals surface area contributed by atoms with Crippen LogP contribution >= 0.6 is 24.8 Å². The highest BCUT2D eigenvalue weighted by molar-refractivity contribution is 5.85. The van der Waals surface area contributed by atoms with Crippen LogP contribution < -0.4 is 20.1 Å². The van der Waals surface area contributed by atoms with E-state index >= 15 is 0 Å². The fourth-order valence-electron chi connectivity index (χ4n) is 2.19. The van der Waals surface area contributed by atoms with Crippen molar-refractivity contribution in [2.75, 3.05) is 25.2 Å². The number of ether oxygens (including phenoxy) is 2. The highest BCUT2D eigenvalue weighted by atomic mass is 35.5. The smallest absolute Gasteiger partial charge is 0.231 e. The molecule has 2 N–H and O–H groups in total. The largest absolute Gasteiger partial charge is 0.454 e. The average Bonchev–Trinajstić information content (AvgIpc) is 2.77. The third-order valence-corrected chi connectivity index (χ3v) is 3.08. The van der Waals surface area contributed by atoms with E-state index in [1.165, 1.54) is 12.8 Å². The SMILES string of the molecule is Cl.Cl.c1cc2c(cc1NC1CCNCC1)OCO2. The molecule has 1 fully saturated rings. The highest BCUT2D eigenvalue weighted by Crippen LogP contribution is 2.34. The Morgan fingerprint density at radius 1 is 1.06 bits per heavy atom. The van der Waals surface area contributed by atoms with Gasteiger partial charge in [-0.25, -0.2) is 0 Å². The van der Waals surface area contributed by atoms with Crippen LogP contribution in [-0.2, 0) is 0 Å². The van der Waals surface area contributed by atoms with E-state index in [1.54, 1.807) is 0 Å². The number of halogens is 2. The molecule has 3 rings (SSSR count). The minimum atomic E-state index is 0. The zero-order valence-electron chi connectivity index (χ0n) is 9.98. The summed E-state index contributed by atoms with van der Waals surface area (Å²) in [6, 6.07) is 6.60. The molecule has 1 saturated heterocycles. The lowest BCUT2D eigenvalue weighted by Crippen LogP contribution is -2.35. The molecule has 2 aliphatic heterocycles. The van der Waals surface area contributed by atoms with Gasteiger partial charge in [0.15, 0.2) is 11.5 Å². The van der Waals surface area contributed by atoms with E-state index in [2.05, 4.69) is 16.7 Å². The van der Waals surface area contributed by atoms with Gasteiger partial charge in [0.1, 0.15) is 0 Å². The lowest BCUT2D eigenvalue weighted by atomic mass is 10.1. The number of anilines is 1. The molecule has 0 unspecified atom stereocenters. The van der Waals surface area contributed by atoms with Crippen molar-refractivity contribution >= 4 is 30.5 Å². The second-order valence-corrected chi connectivity index (χ2v) is 4.24. The number of fused-ring (bicyclic) bond motifs is 1. The summed E-state index contributed by atoms with van der Waals surface area (Å²) in [7, 11) is 0. The number of benzene rings is 1. The van der Waals surface area contributed by atoms with Crippen molar-refractivity contribution in [3.05, 3.63) is 18.2 Å². The molecule has 0 atom stereocenters. The van der Waals surface area contributed by atoms with Crippen LogP contribution in [0.5, 0.6) is 11.5 Å². The molecule has 1 aromatic carbocycles. The second kappa shape index (κ2) is 6.92. The number of nitrogens with one attached hydrogen (secondary N) is 2. The normalized spacial score (nSPS) is 17.6. The molecule has 0 amide bonds. The zero-order chi connectivity index (χ0) is 10.8. The summed E-state index contributed by atoms with van der Waals surface area (Å²) >= 11 is 0. The predicted molar refractivity (Wildman–Crippen MR) is 76.6 cm³/mol. The topological polar surface area (TPSA) is 42.5 Å². The van der Waals surface area contributed by atoms with Crippen LogP contribution in [0.1, 0.15) is 12.8 Å². The van der Waals surface area contributed by atoms with Crippen LogP contribution in [0.15, 0.2) is 18.2 Å². The van der Waals surface area contributed by atoms with E-state index in [0.29, 0.717) is 12.8 Å². The Balaban J connectivity index is 0.000000810. The van der Waals surface area contributed by atoms with Crippen molar-refractivity contribution in [3.63, 3.8) is 0 Å². The molecule has 0 aliphatic carbocycles. The molecular weight excluding hydrogens is 275 g/mol. The van der Waals surface area contributed by atoms with Crippen molar-refractivity contribution in [1.29, 1.82) is 0 Å². The van der Waals surface area contributed by atoms with Crippen molar-refractivity contribution in [2.45, 2.75) is 18.9 Å². The van der Waals surface area contributed by atoms with E-state index in [1.807, 2.05) is 12.1 Å². The maximum atomic E-state index is 5.35. The van der Waals surface area contributed by atoms with E-state index in [-0.39, 0.29) is 24.8 Å². The van der Waals surface area contributed by atoms with Gasteiger partial charge < -0.3 is 20.1 Å². The van der Waals surface area contributed by atoms with Gasteiger partial charge in [0, 0.05) is 17.8 Å². The molecular formula is C12H18Cl2N2O2. The molecule has 4 nitrogen and oxygen atoms in total. The summed E-state index contributed by atoms with van der Waals surface area (Å²) in [6.07, 6.45) is 2.35. The van der Waals surface area contributed by atoms with Gasteiger partial charge in [0.05, 0.1) is 0 Å². The van der Waals surface area contributed by atoms with Crippen molar-refractivity contribution < 1.29 is 9.47 Å². The minimum Gasteiger partial charge on any atom is -0.454 e. The summed E-state index contributed by atoms with van der Waals surface area (Å²) in [5.41, 5.74) is 1.12. The summed E-state index contributed by atoms with van der Waals surface area (Å²) in [6.45, 7) is 2.54. The van der Waals surface area contributed by atoms with Gasteiger partial charge in [0.25, 0.3) is 0 Å². The van der Waals surface area contributed by atoms with Crippen molar-refractivity contribution in [2.24, 2.45) is 0 Å². The van der Waals surface area contributed by atoms with E-state index in [0.717, 1.165) is 30.3 Å². The second-order valence-electron chi connectivity index (χ2n) is 4.24. The summed E-state index contributed by atoms with van der Waals surface area (Å²) in [5.74, 6) is 1.69. The molecule has 0 bridgehead atoms. The first-order valence-corrected chi connectivity index (χ1v) is 5.79. The van der Waals surface area contributed by atoms with Gasteiger partial charge in [-0.05, 0) is 38.1 Å². The molecule has 0 aromatic heterocycles. The molecule has 2 aliphatic rings. The lowest BCUT2D eigenvalue weighted by molar-refractivity contribution is 0.174. The van der Waals surface area contributed by atoms with E-state index in [4.69, 9.17) is 9.47 Å². The molecule has 0 saturated carbocycles. The van der Waals surface area contributed by atoms with Crippen LogP contribution in [0.3, 0.4) is 0 Å². The van der Waals surface area contributed by atoms with Gasteiger partial charge >= 0.3 is 0 Å². The van der Waals surface area contributed by atoms with Crippen molar-refractivity contribution in [3.8, 4) is 11.5 Å². The van der Waals surface area contributed by atoms with Gasteiger partial charge in [-0.3, -0.25) is 0 Å². The molecule has 0 spiro atoms. The number of hydrogen-bond donors (Lipinski definition) is 2. The third kappa shape index (κ3) is 3.34. The van der Waals surface area contributed by atoms with Crippen LogP contribution in [0.4, 0.5) is 5.69 Å². The van der Waals surface area contributed by atoms with Crippen LogP contribution in [0.2, 0.25) is 0 Å². The number of piperidine rings is 1. The first-order chi connectivity index (χ1) is 7.92. The van der Waals surface area contributed by atoms with Gasteiger partial charge in [-0.2, -0.15) is 0 Å². The first-order valence-electron chi connectivity index (χ1n) is 5.79. The molecule has 2 heterocycles. The van der Waals surface area contributed by atoms with Crippen LogP contribution in [0, 0.1) is 0 Å². The average molecular weight is 293 g/mol. The predicted octanol–water partition coefficient (Wildman–Crippen LogP) is 2.42. The van der Waals surface area contributed by atoms with Gasteiger partial charge in [0.2, 0.25) is 6.79 Å². The lowest BCUT2D eigenvalue weighted by Gasteiger charge is -2.24. The molecule has 102 valence electrons. The van der Waals surface area contributed by atoms with Gasteiger partial charge in [-0.15, -0.1) is 24.8 Å². The Kier molecular flexibility index (Phi) is 5.85. The Bertz CT molecular complexity index is 384. The maximum Gasteiger partial charge on any atom is 0.231 e.